The van der Waals surface area contributed by atoms with Gasteiger partial charge in [-0.15, -0.1) is 0 Å². The van der Waals surface area contributed by atoms with Crippen LogP contribution in [0.3, 0.4) is 0 Å². The lowest BCUT2D eigenvalue weighted by molar-refractivity contribution is -0.0496. The van der Waals surface area contributed by atoms with E-state index in [0.717, 1.165) is 18.3 Å². The largest absolute Gasteiger partial charge is 0.434 e. The molecule has 0 bridgehead atoms. The van der Waals surface area contributed by atoms with Gasteiger partial charge in [-0.1, -0.05) is 0 Å². The van der Waals surface area contributed by atoms with E-state index < -0.39 is 30.3 Å². The Labute approximate surface area is 116 Å². The summed E-state index contributed by atoms with van der Waals surface area (Å²) in [6, 6.07) is 2.95. The molecule has 112 valence electrons. The first kappa shape index (κ1) is 15.1. The topological polar surface area (TPSA) is 35.0 Å². The maximum absolute atomic E-state index is 13.1. The van der Waals surface area contributed by atoms with Gasteiger partial charge in [-0.25, -0.2) is 18.2 Å². The summed E-state index contributed by atoms with van der Waals surface area (Å²) in [7, 11) is 0. The summed E-state index contributed by atoms with van der Waals surface area (Å²) in [5, 5.41) is 0. The second-order valence-corrected chi connectivity index (χ2v) is 4.05. The zero-order valence-electron chi connectivity index (χ0n) is 10.7. The summed E-state index contributed by atoms with van der Waals surface area (Å²) in [6.45, 7) is -1.84. The van der Waals surface area contributed by atoms with Crippen LogP contribution in [0, 0.1) is 12.7 Å². The molecular formula is C13H9F5N2O. The Kier molecular flexibility index (Phi) is 4.35. The molecule has 0 saturated heterocycles. The molecule has 0 radical (unpaired) electrons. The standard InChI is InChI=1S/C13H9F5N2O/c1-6-11(12(15)16)19-5-9(20-6)8-3-2-7(14)4-10(8)21-13(17)18/h2-5,12-13H,1H3. The van der Waals surface area contributed by atoms with E-state index in [1.807, 2.05) is 0 Å². The number of hydrogen-bond acceptors (Lipinski definition) is 3. The number of benzene rings is 1. The van der Waals surface area contributed by atoms with Gasteiger partial charge in [0.25, 0.3) is 6.43 Å². The van der Waals surface area contributed by atoms with Crippen molar-refractivity contribution in [3.8, 4) is 17.0 Å². The highest BCUT2D eigenvalue weighted by Gasteiger charge is 2.17. The Morgan fingerprint density at radius 2 is 1.86 bits per heavy atom. The van der Waals surface area contributed by atoms with Gasteiger partial charge in [0, 0.05) is 11.6 Å². The fourth-order valence-electron chi connectivity index (χ4n) is 1.74. The third-order valence-electron chi connectivity index (χ3n) is 2.63. The van der Waals surface area contributed by atoms with Crippen LogP contribution in [0.25, 0.3) is 11.3 Å². The van der Waals surface area contributed by atoms with Crippen LogP contribution in [0.15, 0.2) is 24.4 Å². The summed E-state index contributed by atoms with van der Waals surface area (Å²) in [6.07, 6.45) is -1.79. The van der Waals surface area contributed by atoms with E-state index in [0.29, 0.717) is 0 Å². The highest BCUT2D eigenvalue weighted by atomic mass is 19.3. The molecule has 0 aliphatic heterocycles. The number of nitrogens with zero attached hydrogens (tertiary/aromatic N) is 2. The maximum atomic E-state index is 13.1. The molecule has 0 spiro atoms. The van der Waals surface area contributed by atoms with E-state index >= 15 is 0 Å². The Balaban J connectivity index is 2.48. The van der Waals surface area contributed by atoms with Crippen molar-refractivity contribution in [2.45, 2.75) is 20.0 Å². The smallest absolute Gasteiger partial charge is 0.387 e. The molecular weight excluding hydrogens is 295 g/mol. The molecule has 0 aliphatic carbocycles. The van der Waals surface area contributed by atoms with Gasteiger partial charge in [0.1, 0.15) is 17.3 Å². The summed E-state index contributed by atoms with van der Waals surface area (Å²) in [4.78, 5) is 7.42. The fraction of sp³-hybridized carbons (Fsp3) is 0.231. The maximum Gasteiger partial charge on any atom is 0.387 e. The summed E-state index contributed by atoms with van der Waals surface area (Å²) >= 11 is 0. The molecule has 2 aromatic rings. The van der Waals surface area contributed by atoms with Gasteiger partial charge in [0.05, 0.1) is 17.6 Å². The summed E-state index contributed by atoms with van der Waals surface area (Å²) in [5.41, 5.74) is -0.479. The number of aromatic nitrogens is 2. The van der Waals surface area contributed by atoms with E-state index in [1.54, 1.807) is 0 Å². The molecule has 1 heterocycles. The third kappa shape index (κ3) is 3.45. The van der Waals surface area contributed by atoms with E-state index in [9.17, 15) is 22.0 Å². The third-order valence-corrected chi connectivity index (χ3v) is 2.63. The van der Waals surface area contributed by atoms with Crippen LogP contribution in [0.1, 0.15) is 17.8 Å². The average molecular weight is 304 g/mol. The molecule has 0 saturated carbocycles. The minimum Gasteiger partial charge on any atom is -0.434 e. The number of ether oxygens (including phenoxy) is 1. The summed E-state index contributed by atoms with van der Waals surface area (Å²) in [5.74, 6) is -1.22. The first-order valence-electron chi connectivity index (χ1n) is 5.75. The van der Waals surface area contributed by atoms with E-state index in [-0.39, 0.29) is 17.0 Å². The lowest BCUT2D eigenvalue weighted by Crippen LogP contribution is -2.05. The SMILES string of the molecule is Cc1nc(-c2ccc(F)cc2OC(F)F)cnc1C(F)F. The van der Waals surface area contributed by atoms with Gasteiger partial charge in [0.2, 0.25) is 0 Å². The molecule has 0 unspecified atom stereocenters. The first-order chi connectivity index (χ1) is 9.88. The molecule has 2 rings (SSSR count). The van der Waals surface area contributed by atoms with Crippen molar-refractivity contribution in [1.29, 1.82) is 0 Å². The molecule has 0 N–H and O–H groups in total. The highest BCUT2D eigenvalue weighted by molar-refractivity contribution is 5.66. The van der Waals surface area contributed by atoms with Gasteiger partial charge in [-0.3, -0.25) is 4.98 Å². The average Bonchev–Trinajstić information content (AvgIpc) is 2.37. The first-order valence-corrected chi connectivity index (χ1v) is 5.75. The van der Waals surface area contributed by atoms with Crippen LogP contribution in [0.5, 0.6) is 5.75 Å². The number of alkyl halides is 4. The molecule has 1 aromatic carbocycles. The molecule has 1 aromatic heterocycles. The van der Waals surface area contributed by atoms with Crippen molar-refractivity contribution in [2.24, 2.45) is 0 Å². The lowest BCUT2D eigenvalue weighted by atomic mass is 10.1. The predicted molar refractivity (Wildman–Crippen MR) is 63.8 cm³/mol. The van der Waals surface area contributed by atoms with Gasteiger partial charge in [0.15, 0.2) is 0 Å². The van der Waals surface area contributed by atoms with Gasteiger partial charge in [-0.05, 0) is 19.1 Å². The van der Waals surface area contributed by atoms with E-state index in [1.165, 1.54) is 13.0 Å². The van der Waals surface area contributed by atoms with E-state index in [4.69, 9.17) is 0 Å². The van der Waals surface area contributed by atoms with Crippen molar-refractivity contribution < 1.29 is 26.7 Å². The predicted octanol–water partition coefficient (Wildman–Crippen LogP) is 4.13. The second-order valence-electron chi connectivity index (χ2n) is 4.05. The lowest BCUT2D eigenvalue weighted by Gasteiger charge is -2.11. The number of halogens is 5. The molecule has 21 heavy (non-hydrogen) atoms. The van der Waals surface area contributed by atoms with Crippen molar-refractivity contribution in [3.63, 3.8) is 0 Å². The quantitative estimate of drug-likeness (QED) is 0.797. The zero-order chi connectivity index (χ0) is 15.6. The molecule has 0 atom stereocenters. The van der Waals surface area contributed by atoms with Crippen LogP contribution in [-0.2, 0) is 0 Å². The van der Waals surface area contributed by atoms with Crippen LogP contribution in [0.2, 0.25) is 0 Å². The van der Waals surface area contributed by atoms with Crippen LogP contribution in [-0.4, -0.2) is 16.6 Å². The Bertz CT molecular complexity index is 648. The van der Waals surface area contributed by atoms with Gasteiger partial charge >= 0.3 is 6.61 Å². The summed E-state index contributed by atoms with van der Waals surface area (Å²) < 4.78 is 67.1. The van der Waals surface area contributed by atoms with Crippen molar-refractivity contribution in [1.82, 2.24) is 9.97 Å². The Morgan fingerprint density at radius 3 is 2.43 bits per heavy atom. The van der Waals surface area contributed by atoms with Crippen molar-refractivity contribution >= 4 is 0 Å². The number of rotatable bonds is 4. The fourth-order valence-corrected chi connectivity index (χ4v) is 1.74. The molecule has 8 heteroatoms. The molecule has 0 amide bonds. The monoisotopic (exact) mass is 304 g/mol. The van der Waals surface area contributed by atoms with Gasteiger partial charge < -0.3 is 4.74 Å². The van der Waals surface area contributed by atoms with Gasteiger partial charge in [-0.2, -0.15) is 8.78 Å². The van der Waals surface area contributed by atoms with Crippen LogP contribution < -0.4 is 4.74 Å². The Hall–Kier alpha value is -2.25. The van der Waals surface area contributed by atoms with Crippen LogP contribution >= 0.6 is 0 Å². The molecule has 0 fully saturated rings. The van der Waals surface area contributed by atoms with Crippen LogP contribution in [0.4, 0.5) is 22.0 Å². The molecule has 0 aliphatic rings. The second kappa shape index (κ2) is 6.02. The minimum absolute atomic E-state index is 0.0348. The Morgan fingerprint density at radius 1 is 1.14 bits per heavy atom. The minimum atomic E-state index is -3.15. The highest BCUT2D eigenvalue weighted by Crippen LogP contribution is 2.31. The molecule has 3 nitrogen and oxygen atoms in total. The zero-order valence-corrected chi connectivity index (χ0v) is 10.7. The van der Waals surface area contributed by atoms with Crippen molar-refractivity contribution in [3.05, 3.63) is 41.6 Å². The van der Waals surface area contributed by atoms with Crippen molar-refractivity contribution in [2.75, 3.05) is 0 Å². The number of hydrogen-bond donors (Lipinski definition) is 0. The number of aryl methyl sites for hydroxylation is 1. The normalized spacial score (nSPS) is 11.2. The van der Waals surface area contributed by atoms with E-state index in [2.05, 4.69) is 14.7 Å².